The van der Waals surface area contributed by atoms with E-state index in [1.54, 1.807) is 48.0 Å². The first kappa shape index (κ1) is 27.7. The third kappa shape index (κ3) is 4.65. The molecule has 3 heterocycles. The SMILES string of the molecule is Cn1cnc(C(=O)c2cc(F)c3c(c2)C(=O)N(Cc2ccc(C#N)cn2)[C@@]3(OCC2(CO)CC2)c2ccc(Cl)cc2)c1. The van der Waals surface area contributed by atoms with Crippen molar-refractivity contribution in [2.75, 3.05) is 13.2 Å². The van der Waals surface area contributed by atoms with Crippen LogP contribution in [0.4, 0.5) is 4.39 Å². The summed E-state index contributed by atoms with van der Waals surface area (Å²) in [5.74, 6) is -1.92. The number of carbonyl (C=O) groups excluding carboxylic acids is 2. The van der Waals surface area contributed by atoms with Gasteiger partial charge in [-0.05, 0) is 49.2 Å². The number of amides is 1. The zero-order chi connectivity index (χ0) is 29.6. The van der Waals surface area contributed by atoms with E-state index in [0.29, 0.717) is 21.8 Å². The molecular formula is C31H25ClFN5O4. The summed E-state index contributed by atoms with van der Waals surface area (Å²) in [6.45, 7) is -0.178. The molecule has 2 aromatic heterocycles. The average Bonchev–Trinajstić information content (AvgIpc) is 3.59. The summed E-state index contributed by atoms with van der Waals surface area (Å²) in [5, 5.41) is 19.7. The summed E-state index contributed by atoms with van der Waals surface area (Å²) < 4.78 is 24.6. The Hall–Kier alpha value is -4.43. The number of halogens is 2. The standard InChI is InChI=1S/C31H25ClFN5O4/c1-37-15-26(36-18-37)28(40)20-10-24-27(25(33)11-20)31(21-3-5-22(32)6-4-21,42-17-30(16-39)8-9-30)38(29(24)41)14-23-7-2-19(12-34)13-35-23/h2-7,10-11,13,15,18,39H,8-9,14,16-17H2,1H3/t31-/m1/s1. The smallest absolute Gasteiger partial charge is 0.257 e. The van der Waals surface area contributed by atoms with Gasteiger partial charge in [0.2, 0.25) is 5.78 Å². The fourth-order valence-corrected chi connectivity index (χ4v) is 5.40. The van der Waals surface area contributed by atoms with Crippen LogP contribution >= 0.6 is 11.6 Å². The van der Waals surface area contributed by atoms with Crippen LogP contribution in [0.1, 0.15) is 61.6 Å². The molecule has 1 aliphatic heterocycles. The lowest BCUT2D eigenvalue weighted by molar-refractivity contribution is -0.130. The Bertz CT molecular complexity index is 1740. The van der Waals surface area contributed by atoms with Gasteiger partial charge in [0.25, 0.3) is 5.91 Å². The molecule has 6 rings (SSSR count). The molecule has 2 aromatic carbocycles. The third-order valence-corrected chi connectivity index (χ3v) is 8.13. The van der Waals surface area contributed by atoms with E-state index >= 15 is 4.39 Å². The van der Waals surface area contributed by atoms with Crippen LogP contribution < -0.4 is 0 Å². The van der Waals surface area contributed by atoms with Gasteiger partial charge in [-0.1, -0.05) is 23.7 Å². The molecule has 0 radical (unpaired) electrons. The van der Waals surface area contributed by atoms with Crippen LogP contribution in [0.15, 0.2) is 67.3 Å². The van der Waals surface area contributed by atoms with Gasteiger partial charge in [-0.25, -0.2) is 9.37 Å². The molecule has 1 atom stereocenters. The van der Waals surface area contributed by atoms with Crippen LogP contribution in [0.5, 0.6) is 0 Å². The molecule has 42 heavy (non-hydrogen) atoms. The lowest BCUT2D eigenvalue weighted by atomic mass is 9.90. The highest BCUT2D eigenvalue weighted by Crippen LogP contribution is 2.52. The van der Waals surface area contributed by atoms with Crippen LogP contribution in [0.25, 0.3) is 0 Å². The van der Waals surface area contributed by atoms with Crippen LogP contribution in [-0.2, 0) is 24.1 Å². The van der Waals surface area contributed by atoms with E-state index in [4.69, 9.17) is 16.3 Å². The molecule has 9 nitrogen and oxygen atoms in total. The Morgan fingerprint density at radius 1 is 1.19 bits per heavy atom. The van der Waals surface area contributed by atoms with E-state index in [1.165, 1.54) is 29.7 Å². The van der Waals surface area contributed by atoms with Crippen LogP contribution in [0.2, 0.25) is 5.02 Å². The number of aliphatic hydroxyl groups excluding tert-OH is 1. The lowest BCUT2D eigenvalue weighted by Gasteiger charge is -2.40. The summed E-state index contributed by atoms with van der Waals surface area (Å²) >= 11 is 6.21. The van der Waals surface area contributed by atoms with E-state index in [-0.39, 0.29) is 42.1 Å². The Balaban J connectivity index is 1.54. The number of aliphatic hydroxyl groups is 1. The molecule has 1 aliphatic carbocycles. The van der Waals surface area contributed by atoms with Gasteiger partial charge in [0, 0.05) is 41.0 Å². The number of ketones is 1. The predicted octanol–water partition coefficient (Wildman–Crippen LogP) is 4.36. The zero-order valence-corrected chi connectivity index (χ0v) is 23.3. The minimum absolute atomic E-state index is 0.0318. The van der Waals surface area contributed by atoms with E-state index in [9.17, 15) is 20.0 Å². The first-order valence-electron chi connectivity index (χ1n) is 13.2. The van der Waals surface area contributed by atoms with Gasteiger partial charge in [-0.3, -0.25) is 19.5 Å². The molecule has 4 aromatic rings. The normalized spacial score (nSPS) is 18.5. The van der Waals surface area contributed by atoms with Crippen molar-refractivity contribution in [3.63, 3.8) is 0 Å². The van der Waals surface area contributed by atoms with Gasteiger partial charge in [-0.15, -0.1) is 0 Å². The number of hydrogen-bond acceptors (Lipinski definition) is 7. The summed E-state index contributed by atoms with van der Waals surface area (Å²) in [7, 11) is 1.71. The second-order valence-electron chi connectivity index (χ2n) is 10.8. The molecule has 11 heteroatoms. The van der Waals surface area contributed by atoms with Crippen molar-refractivity contribution >= 4 is 23.3 Å². The number of imidazole rings is 1. The Kier molecular flexibility index (Phi) is 6.89. The van der Waals surface area contributed by atoms with Crippen molar-refractivity contribution in [1.29, 1.82) is 5.26 Å². The Labute approximate surface area is 245 Å². The maximum Gasteiger partial charge on any atom is 0.257 e. The van der Waals surface area contributed by atoms with Crippen LogP contribution in [-0.4, -0.2) is 49.4 Å². The van der Waals surface area contributed by atoms with Gasteiger partial charge < -0.3 is 14.4 Å². The summed E-state index contributed by atoms with van der Waals surface area (Å²) in [6.07, 6.45) is 5.81. The average molecular weight is 586 g/mol. The lowest BCUT2D eigenvalue weighted by Crippen LogP contribution is -2.48. The summed E-state index contributed by atoms with van der Waals surface area (Å²) in [6, 6.07) is 14.2. The van der Waals surface area contributed by atoms with Gasteiger partial charge in [0.1, 0.15) is 17.6 Å². The molecule has 0 unspecified atom stereocenters. The molecule has 1 amide bonds. The highest BCUT2D eigenvalue weighted by Gasteiger charge is 2.56. The minimum atomic E-state index is -1.77. The largest absolute Gasteiger partial charge is 0.396 e. The fourth-order valence-electron chi connectivity index (χ4n) is 5.27. The number of hydrogen-bond donors (Lipinski definition) is 1. The number of rotatable bonds is 9. The molecule has 2 aliphatic rings. The number of fused-ring (bicyclic) bond motifs is 1. The van der Waals surface area contributed by atoms with Crippen molar-refractivity contribution in [2.45, 2.75) is 25.1 Å². The quantitative estimate of drug-likeness (QED) is 0.290. The number of benzene rings is 2. The Morgan fingerprint density at radius 3 is 2.55 bits per heavy atom. The number of nitriles is 1. The summed E-state index contributed by atoms with van der Waals surface area (Å²) in [4.78, 5) is 37.3. The first-order valence-corrected chi connectivity index (χ1v) is 13.6. The van der Waals surface area contributed by atoms with E-state index < -0.39 is 28.6 Å². The summed E-state index contributed by atoms with van der Waals surface area (Å²) in [5.41, 5.74) is -1.06. The molecule has 0 saturated heterocycles. The van der Waals surface area contributed by atoms with Crippen molar-refractivity contribution in [1.82, 2.24) is 19.4 Å². The van der Waals surface area contributed by atoms with Crippen molar-refractivity contribution in [3.05, 3.63) is 117 Å². The number of aryl methyl sites for hydroxylation is 1. The fraction of sp³-hybridized carbons (Fsp3) is 0.258. The topological polar surface area (TPSA) is 121 Å². The highest BCUT2D eigenvalue weighted by molar-refractivity contribution is 6.30. The van der Waals surface area contributed by atoms with Gasteiger partial charge in [0.15, 0.2) is 5.72 Å². The zero-order valence-electron chi connectivity index (χ0n) is 22.6. The monoisotopic (exact) mass is 585 g/mol. The molecular weight excluding hydrogens is 561 g/mol. The second kappa shape index (κ2) is 10.4. The molecule has 1 N–H and O–H groups in total. The van der Waals surface area contributed by atoms with Gasteiger partial charge in [-0.2, -0.15) is 5.26 Å². The minimum Gasteiger partial charge on any atom is -0.396 e. The van der Waals surface area contributed by atoms with Crippen molar-refractivity contribution < 1.29 is 23.8 Å². The number of carbonyl (C=O) groups is 2. The van der Waals surface area contributed by atoms with Crippen molar-refractivity contribution in [3.8, 4) is 6.07 Å². The number of aromatic nitrogens is 3. The first-order chi connectivity index (χ1) is 20.2. The number of pyridine rings is 1. The van der Waals surface area contributed by atoms with E-state index in [1.807, 2.05) is 6.07 Å². The van der Waals surface area contributed by atoms with E-state index in [2.05, 4.69) is 9.97 Å². The second-order valence-corrected chi connectivity index (χ2v) is 11.2. The Morgan fingerprint density at radius 2 is 1.95 bits per heavy atom. The molecule has 0 bridgehead atoms. The van der Waals surface area contributed by atoms with E-state index in [0.717, 1.165) is 18.9 Å². The maximum atomic E-state index is 16.4. The molecule has 1 saturated carbocycles. The van der Waals surface area contributed by atoms with Crippen molar-refractivity contribution in [2.24, 2.45) is 12.5 Å². The maximum absolute atomic E-state index is 16.4. The third-order valence-electron chi connectivity index (χ3n) is 7.87. The molecule has 212 valence electrons. The van der Waals surface area contributed by atoms with Gasteiger partial charge >= 0.3 is 0 Å². The predicted molar refractivity (Wildman–Crippen MR) is 149 cm³/mol. The van der Waals surface area contributed by atoms with Crippen LogP contribution in [0, 0.1) is 22.6 Å². The number of nitrogens with zero attached hydrogens (tertiary/aromatic N) is 5. The van der Waals surface area contributed by atoms with Crippen LogP contribution in [0.3, 0.4) is 0 Å². The van der Waals surface area contributed by atoms with Gasteiger partial charge in [0.05, 0.1) is 48.5 Å². The molecule has 1 fully saturated rings. The highest BCUT2D eigenvalue weighted by atomic mass is 35.5. The number of ether oxygens (including phenoxy) is 1. The molecule has 0 spiro atoms.